The maximum Gasteiger partial charge on any atom is 0.293 e. The molecule has 4 rings (SSSR count). The molecule has 1 aliphatic heterocycles. The Balaban J connectivity index is 1.57. The van der Waals surface area contributed by atoms with E-state index in [1.54, 1.807) is 4.57 Å². The largest absolute Gasteiger partial charge is 0.348 e. The van der Waals surface area contributed by atoms with Gasteiger partial charge in [0, 0.05) is 37.2 Å². The summed E-state index contributed by atoms with van der Waals surface area (Å²) in [5, 5.41) is 0. The Morgan fingerprint density at radius 2 is 1.71 bits per heavy atom. The van der Waals surface area contributed by atoms with Crippen LogP contribution in [-0.4, -0.2) is 46.5 Å². The third-order valence-electron chi connectivity index (χ3n) is 5.12. The van der Waals surface area contributed by atoms with Crippen LogP contribution in [0.5, 0.6) is 0 Å². The summed E-state index contributed by atoms with van der Waals surface area (Å²) in [4.78, 5) is 34.2. The summed E-state index contributed by atoms with van der Waals surface area (Å²) in [7, 11) is 0. The average molecular weight is 441 g/mol. The lowest BCUT2D eigenvalue weighted by molar-refractivity contribution is 0.0745. The van der Waals surface area contributed by atoms with Crippen molar-refractivity contribution < 1.29 is 4.79 Å². The van der Waals surface area contributed by atoms with Gasteiger partial charge in [-0.15, -0.1) is 0 Å². The molecule has 6 nitrogen and oxygen atoms in total. The SMILES string of the molecule is CCn1c(=O)c(N2CCN(C(=O)c3ccccc3Br)CC2)nc2ccccc21. The molecule has 1 fully saturated rings. The van der Waals surface area contributed by atoms with E-state index in [2.05, 4.69) is 20.9 Å². The number of aromatic nitrogens is 2. The zero-order valence-electron chi connectivity index (χ0n) is 15.6. The first-order valence-electron chi connectivity index (χ1n) is 9.38. The molecule has 0 bridgehead atoms. The molecule has 0 saturated carbocycles. The van der Waals surface area contributed by atoms with Crippen LogP contribution in [-0.2, 0) is 6.54 Å². The average Bonchev–Trinajstić information content (AvgIpc) is 2.73. The second-order valence-electron chi connectivity index (χ2n) is 6.73. The molecule has 28 heavy (non-hydrogen) atoms. The lowest BCUT2D eigenvalue weighted by Crippen LogP contribution is -2.50. The number of hydrogen-bond acceptors (Lipinski definition) is 4. The summed E-state index contributed by atoms with van der Waals surface area (Å²) in [5.74, 6) is 0.470. The van der Waals surface area contributed by atoms with Gasteiger partial charge in [-0.3, -0.25) is 9.59 Å². The van der Waals surface area contributed by atoms with Gasteiger partial charge in [-0.05, 0) is 47.1 Å². The van der Waals surface area contributed by atoms with Gasteiger partial charge in [-0.25, -0.2) is 4.98 Å². The molecule has 2 heterocycles. The first-order valence-corrected chi connectivity index (χ1v) is 10.2. The van der Waals surface area contributed by atoms with E-state index >= 15 is 0 Å². The zero-order valence-corrected chi connectivity index (χ0v) is 17.2. The van der Waals surface area contributed by atoms with Crippen molar-refractivity contribution in [3.05, 3.63) is 68.9 Å². The lowest BCUT2D eigenvalue weighted by atomic mass is 10.2. The van der Waals surface area contributed by atoms with Crippen LogP contribution < -0.4 is 10.5 Å². The number of piperazine rings is 1. The number of aryl methyl sites for hydroxylation is 1. The molecule has 7 heteroatoms. The Kier molecular flexibility index (Phi) is 5.17. The number of hydrogen-bond donors (Lipinski definition) is 0. The molecule has 1 saturated heterocycles. The number of halogens is 1. The molecule has 1 amide bonds. The fraction of sp³-hybridized carbons (Fsp3) is 0.286. The van der Waals surface area contributed by atoms with Gasteiger partial charge < -0.3 is 14.4 Å². The van der Waals surface area contributed by atoms with E-state index in [1.165, 1.54) is 0 Å². The van der Waals surface area contributed by atoms with Gasteiger partial charge in [-0.2, -0.15) is 0 Å². The Morgan fingerprint density at radius 3 is 2.43 bits per heavy atom. The number of carbonyl (C=O) groups is 1. The standard InChI is InChI=1S/C21H21BrN4O2/c1-2-26-18-10-6-5-9-17(18)23-19(21(26)28)24-11-13-25(14-12-24)20(27)15-7-3-4-8-16(15)22/h3-10H,2,11-14H2,1H3. The Bertz CT molecular complexity index is 1090. The van der Waals surface area contributed by atoms with Crippen LogP contribution >= 0.6 is 15.9 Å². The van der Waals surface area contributed by atoms with Crippen LogP contribution in [0.1, 0.15) is 17.3 Å². The number of para-hydroxylation sites is 2. The predicted octanol–water partition coefficient (Wildman–Crippen LogP) is 3.14. The van der Waals surface area contributed by atoms with E-state index in [4.69, 9.17) is 0 Å². The first kappa shape index (κ1) is 18.7. The second-order valence-corrected chi connectivity index (χ2v) is 7.59. The van der Waals surface area contributed by atoms with Crippen molar-refractivity contribution in [2.45, 2.75) is 13.5 Å². The van der Waals surface area contributed by atoms with E-state index in [9.17, 15) is 9.59 Å². The van der Waals surface area contributed by atoms with Crippen molar-refractivity contribution in [1.82, 2.24) is 14.5 Å². The fourth-order valence-electron chi connectivity index (χ4n) is 3.63. The first-order chi connectivity index (χ1) is 13.6. The molecule has 0 radical (unpaired) electrons. The van der Waals surface area contributed by atoms with E-state index in [0.717, 1.165) is 15.5 Å². The van der Waals surface area contributed by atoms with Gasteiger partial charge in [0.25, 0.3) is 11.5 Å². The molecule has 1 aliphatic rings. The quantitative estimate of drug-likeness (QED) is 0.627. The highest BCUT2D eigenvalue weighted by Gasteiger charge is 2.26. The molecule has 2 aromatic carbocycles. The molecule has 0 atom stereocenters. The van der Waals surface area contributed by atoms with Crippen molar-refractivity contribution in [3.63, 3.8) is 0 Å². The lowest BCUT2D eigenvalue weighted by Gasteiger charge is -2.35. The monoisotopic (exact) mass is 440 g/mol. The minimum atomic E-state index is -0.0771. The zero-order chi connectivity index (χ0) is 19.7. The third-order valence-corrected chi connectivity index (χ3v) is 5.81. The topological polar surface area (TPSA) is 58.4 Å². The second kappa shape index (κ2) is 7.75. The summed E-state index contributed by atoms with van der Waals surface area (Å²) in [5.41, 5.74) is 2.24. The number of benzene rings is 2. The normalized spacial score (nSPS) is 14.5. The number of carbonyl (C=O) groups excluding carboxylic acids is 1. The predicted molar refractivity (Wildman–Crippen MR) is 114 cm³/mol. The molecule has 144 valence electrons. The van der Waals surface area contributed by atoms with Gasteiger partial charge in [0.2, 0.25) is 0 Å². The fourth-order valence-corrected chi connectivity index (χ4v) is 4.08. The van der Waals surface area contributed by atoms with Gasteiger partial charge >= 0.3 is 0 Å². The number of anilines is 1. The highest BCUT2D eigenvalue weighted by Crippen LogP contribution is 2.20. The summed E-state index contributed by atoms with van der Waals surface area (Å²) < 4.78 is 2.56. The Morgan fingerprint density at radius 1 is 1.04 bits per heavy atom. The molecule has 0 aliphatic carbocycles. The summed E-state index contributed by atoms with van der Waals surface area (Å²) in [6.07, 6.45) is 0. The molecule has 0 unspecified atom stereocenters. The van der Waals surface area contributed by atoms with Gasteiger partial charge in [0.15, 0.2) is 5.82 Å². The van der Waals surface area contributed by atoms with Crippen molar-refractivity contribution in [1.29, 1.82) is 0 Å². The van der Waals surface area contributed by atoms with Crippen molar-refractivity contribution >= 4 is 38.7 Å². The van der Waals surface area contributed by atoms with Crippen molar-refractivity contribution in [3.8, 4) is 0 Å². The molecular weight excluding hydrogens is 420 g/mol. The molecule has 0 N–H and O–H groups in total. The number of fused-ring (bicyclic) bond motifs is 1. The van der Waals surface area contributed by atoms with E-state index in [0.29, 0.717) is 44.1 Å². The van der Waals surface area contributed by atoms with E-state index < -0.39 is 0 Å². The maximum atomic E-state index is 13.0. The molecule has 0 spiro atoms. The van der Waals surface area contributed by atoms with Crippen LogP contribution in [0.25, 0.3) is 11.0 Å². The summed E-state index contributed by atoms with van der Waals surface area (Å²) in [6.45, 7) is 4.84. The van der Waals surface area contributed by atoms with Crippen LogP contribution in [0.3, 0.4) is 0 Å². The third kappa shape index (κ3) is 3.30. The number of amides is 1. The highest BCUT2D eigenvalue weighted by molar-refractivity contribution is 9.10. The van der Waals surface area contributed by atoms with Gasteiger partial charge in [0.05, 0.1) is 16.6 Å². The number of nitrogens with zero attached hydrogens (tertiary/aromatic N) is 4. The Hall–Kier alpha value is -2.67. The van der Waals surface area contributed by atoms with Crippen LogP contribution in [0, 0.1) is 0 Å². The minimum absolute atomic E-state index is 0.00423. The van der Waals surface area contributed by atoms with Crippen molar-refractivity contribution in [2.24, 2.45) is 0 Å². The van der Waals surface area contributed by atoms with Gasteiger partial charge in [-0.1, -0.05) is 24.3 Å². The highest BCUT2D eigenvalue weighted by atomic mass is 79.9. The summed E-state index contributed by atoms with van der Waals surface area (Å²) in [6, 6.07) is 15.1. The Labute approximate surface area is 171 Å². The molecular formula is C21H21BrN4O2. The number of rotatable bonds is 3. The summed E-state index contributed by atoms with van der Waals surface area (Å²) >= 11 is 3.45. The van der Waals surface area contributed by atoms with Crippen LogP contribution in [0.4, 0.5) is 5.82 Å². The smallest absolute Gasteiger partial charge is 0.293 e. The maximum absolute atomic E-state index is 13.0. The van der Waals surface area contributed by atoms with Crippen molar-refractivity contribution in [2.75, 3.05) is 31.1 Å². The van der Waals surface area contributed by atoms with Gasteiger partial charge in [0.1, 0.15) is 0 Å². The van der Waals surface area contributed by atoms with Crippen LogP contribution in [0.15, 0.2) is 57.8 Å². The van der Waals surface area contributed by atoms with E-state index in [-0.39, 0.29) is 11.5 Å². The van der Waals surface area contributed by atoms with E-state index in [1.807, 2.05) is 65.3 Å². The molecule has 3 aromatic rings. The molecule has 1 aromatic heterocycles. The van der Waals surface area contributed by atoms with Crippen LogP contribution in [0.2, 0.25) is 0 Å². The minimum Gasteiger partial charge on any atom is -0.348 e.